The standard InChI is InChI=1S/C12H20F3NO3/c1-11(2,3)19-10(18)16-5-8(7-17)4-9(6-16)12(13,14)15/h8-9,17H,4-7H2,1-3H3/t8-,9+/m0/s1. The summed E-state index contributed by atoms with van der Waals surface area (Å²) < 4.78 is 43.4. The summed E-state index contributed by atoms with van der Waals surface area (Å²) in [6.07, 6.45) is -5.28. The molecule has 1 amide bonds. The Labute approximate surface area is 110 Å². The summed E-state index contributed by atoms with van der Waals surface area (Å²) in [4.78, 5) is 12.8. The molecule has 0 bridgehead atoms. The van der Waals surface area contributed by atoms with Crippen LogP contribution in [-0.2, 0) is 4.74 Å². The summed E-state index contributed by atoms with van der Waals surface area (Å²) in [5, 5.41) is 9.06. The van der Waals surface area contributed by atoms with E-state index in [1.54, 1.807) is 20.8 Å². The Hall–Kier alpha value is -0.980. The van der Waals surface area contributed by atoms with Crippen molar-refractivity contribution >= 4 is 6.09 Å². The first-order valence-electron chi connectivity index (χ1n) is 6.18. The van der Waals surface area contributed by atoms with E-state index in [2.05, 4.69) is 0 Å². The third-order valence-corrected chi connectivity index (χ3v) is 2.91. The Balaban J connectivity index is 2.75. The zero-order valence-corrected chi connectivity index (χ0v) is 11.3. The van der Waals surface area contributed by atoms with Gasteiger partial charge in [0.05, 0.1) is 5.92 Å². The first-order valence-corrected chi connectivity index (χ1v) is 6.18. The highest BCUT2D eigenvalue weighted by Crippen LogP contribution is 2.35. The summed E-state index contributed by atoms with van der Waals surface area (Å²) >= 11 is 0. The normalized spacial score (nSPS) is 25.3. The van der Waals surface area contributed by atoms with E-state index in [1.807, 2.05) is 0 Å². The van der Waals surface area contributed by atoms with E-state index in [1.165, 1.54) is 0 Å². The van der Waals surface area contributed by atoms with Crippen molar-refractivity contribution < 1.29 is 27.8 Å². The van der Waals surface area contributed by atoms with Gasteiger partial charge < -0.3 is 14.7 Å². The van der Waals surface area contributed by atoms with Gasteiger partial charge in [-0.2, -0.15) is 13.2 Å². The van der Waals surface area contributed by atoms with Crippen molar-refractivity contribution in [1.82, 2.24) is 4.90 Å². The number of piperidine rings is 1. The zero-order chi connectivity index (χ0) is 14.8. The van der Waals surface area contributed by atoms with E-state index >= 15 is 0 Å². The average Bonchev–Trinajstić information content (AvgIpc) is 2.25. The second-order valence-corrected chi connectivity index (χ2v) is 5.91. The molecule has 0 radical (unpaired) electrons. The Bertz CT molecular complexity index is 325. The molecule has 2 atom stereocenters. The van der Waals surface area contributed by atoms with Crippen LogP contribution in [0.5, 0.6) is 0 Å². The quantitative estimate of drug-likeness (QED) is 0.804. The second kappa shape index (κ2) is 5.56. The second-order valence-electron chi connectivity index (χ2n) is 5.91. The van der Waals surface area contributed by atoms with Crippen LogP contribution in [0.3, 0.4) is 0 Å². The van der Waals surface area contributed by atoms with E-state index in [-0.39, 0.29) is 19.6 Å². The minimum atomic E-state index is -4.37. The van der Waals surface area contributed by atoms with E-state index in [0.29, 0.717) is 0 Å². The number of likely N-dealkylation sites (tertiary alicyclic amines) is 1. The maximum absolute atomic E-state index is 12.8. The molecule has 1 aliphatic rings. The Kier molecular flexibility index (Phi) is 4.71. The highest BCUT2D eigenvalue weighted by molar-refractivity contribution is 5.68. The van der Waals surface area contributed by atoms with Crippen LogP contribution >= 0.6 is 0 Å². The smallest absolute Gasteiger partial charge is 0.410 e. The number of amides is 1. The fourth-order valence-corrected chi connectivity index (χ4v) is 2.05. The zero-order valence-electron chi connectivity index (χ0n) is 11.3. The predicted molar refractivity (Wildman–Crippen MR) is 62.5 cm³/mol. The minimum absolute atomic E-state index is 0.0952. The van der Waals surface area contributed by atoms with Crippen molar-refractivity contribution in [3.05, 3.63) is 0 Å². The molecule has 1 N–H and O–H groups in total. The highest BCUT2D eigenvalue weighted by atomic mass is 19.4. The van der Waals surface area contributed by atoms with Gasteiger partial charge in [-0.15, -0.1) is 0 Å². The Morgan fingerprint density at radius 3 is 2.32 bits per heavy atom. The minimum Gasteiger partial charge on any atom is -0.444 e. The van der Waals surface area contributed by atoms with Crippen molar-refractivity contribution in [2.75, 3.05) is 19.7 Å². The number of hydrogen-bond donors (Lipinski definition) is 1. The highest BCUT2D eigenvalue weighted by Gasteiger charge is 2.45. The fraction of sp³-hybridized carbons (Fsp3) is 0.917. The number of ether oxygens (including phenoxy) is 1. The molecule has 0 unspecified atom stereocenters. The fourth-order valence-electron chi connectivity index (χ4n) is 2.05. The lowest BCUT2D eigenvalue weighted by atomic mass is 9.89. The molecule has 112 valence electrons. The SMILES string of the molecule is CC(C)(C)OC(=O)N1C[C@@H](CO)C[C@@H](C(F)(F)F)C1. The molecule has 0 saturated carbocycles. The summed E-state index contributed by atoms with van der Waals surface area (Å²) in [5.41, 5.74) is -0.753. The van der Waals surface area contributed by atoms with Gasteiger partial charge in [-0.25, -0.2) is 4.79 Å². The number of aliphatic hydroxyl groups is 1. The molecule has 4 nitrogen and oxygen atoms in total. The van der Waals surface area contributed by atoms with Crippen LogP contribution in [0, 0.1) is 11.8 Å². The molecule has 19 heavy (non-hydrogen) atoms. The lowest BCUT2D eigenvalue weighted by molar-refractivity contribution is -0.191. The van der Waals surface area contributed by atoms with Gasteiger partial charge in [0.25, 0.3) is 0 Å². The lowest BCUT2D eigenvalue weighted by Crippen LogP contribution is -2.50. The molecular weight excluding hydrogens is 263 g/mol. The van der Waals surface area contributed by atoms with Crippen LogP contribution in [0.1, 0.15) is 27.2 Å². The van der Waals surface area contributed by atoms with Gasteiger partial charge >= 0.3 is 12.3 Å². The Morgan fingerprint density at radius 2 is 1.89 bits per heavy atom. The number of carbonyl (C=O) groups excluding carboxylic acids is 1. The van der Waals surface area contributed by atoms with Crippen molar-refractivity contribution in [3.8, 4) is 0 Å². The first-order chi connectivity index (χ1) is 8.53. The van der Waals surface area contributed by atoms with Crippen LogP contribution < -0.4 is 0 Å². The average molecular weight is 283 g/mol. The molecule has 0 aromatic carbocycles. The third-order valence-electron chi connectivity index (χ3n) is 2.91. The van der Waals surface area contributed by atoms with E-state index < -0.39 is 36.3 Å². The van der Waals surface area contributed by atoms with Crippen molar-refractivity contribution in [3.63, 3.8) is 0 Å². The number of carbonyl (C=O) groups is 1. The number of halogens is 3. The van der Waals surface area contributed by atoms with Crippen LogP contribution in [-0.4, -0.2) is 47.6 Å². The molecule has 1 rings (SSSR count). The van der Waals surface area contributed by atoms with Crippen LogP contribution in [0.4, 0.5) is 18.0 Å². The maximum Gasteiger partial charge on any atom is 0.410 e. The van der Waals surface area contributed by atoms with Gasteiger partial charge in [0, 0.05) is 25.6 Å². The number of hydrogen-bond acceptors (Lipinski definition) is 3. The summed E-state index contributed by atoms with van der Waals surface area (Å²) in [7, 11) is 0. The van der Waals surface area contributed by atoms with E-state index in [9.17, 15) is 18.0 Å². The van der Waals surface area contributed by atoms with Crippen molar-refractivity contribution in [2.45, 2.75) is 39.0 Å². The van der Waals surface area contributed by atoms with Crippen LogP contribution in [0.15, 0.2) is 0 Å². The van der Waals surface area contributed by atoms with Crippen LogP contribution in [0.25, 0.3) is 0 Å². The van der Waals surface area contributed by atoms with Gasteiger partial charge in [0.2, 0.25) is 0 Å². The molecule has 1 saturated heterocycles. The monoisotopic (exact) mass is 283 g/mol. The predicted octanol–water partition coefficient (Wildman–Crippen LogP) is 2.41. The largest absolute Gasteiger partial charge is 0.444 e. The molecule has 1 fully saturated rings. The third kappa shape index (κ3) is 4.89. The Morgan fingerprint density at radius 1 is 1.32 bits per heavy atom. The first kappa shape index (κ1) is 16.1. The van der Waals surface area contributed by atoms with Crippen molar-refractivity contribution in [1.29, 1.82) is 0 Å². The molecular formula is C12H20F3NO3. The summed E-state index contributed by atoms with van der Waals surface area (Å²) in [5.74, 6) is -2.17. The molecule has 1 aliphatic heterocycles. The number of aliphatic hydroxyl groups excluding tert-OH is 1. The van der Waals surface area contributed by atoms with Crippen LogP contribution in [0.2, 0.25) is 0 Å². The molecule has 0 aliphatic carbocycles. The summed E-state index contributed by atoms with van der Waals surface area (Å²) in [6, 6.07) is 0. The van der Waals surface area contributed by atoms with Gasteiger partial charge in [0.1, 0.15) is 5.60 Å². The number of alkyl halides is 3. The topological polar surface area (TPSA) is 49.8 Å². The van der Waals surface area contributed by atoms with Gasteiger partial charge in [-0.1, -0.05) is 0 Å². The summed E-state index contributed by atoms with van der Waals surface area (Å²) in [6.45, 7) is 4.28. The molecule has 0 aromatic heterocycles. The van der Waals surface area contributed by atoms with Gasteiger partial charge in [-0.3, -0.25) is 0 Å². The van der Waals surface area contributed by atoms with E-state index in [0.717, 1.165) is 4.90 Å². The molecule has 0 spiro atoms. The molecule has 1 heterocycles. The van der Waals surface area contributed by atoms with E-state index in [4.69, 9.17) is 9.84 Å². The number of nitrogens with zero attached hydrogens (tertiary/aromatic N) is 1. The van der Waals surface area contributed by atoms with Gasteiger partial charge in [-0.05, 0) is 27.2 Å². The number of rotatable bonds is 1. The van der Waals surface area contributed by atoms with Crippen molar-refractivity contribution in [2.24, 2.45) is 11.8 Å². The maximum atomic E-state index is 12.8. The molecule has 7 heteroatoms. The lowest BCUT2D eigenvalue weighted by Gasteiger charge is -2.38. The van der Waals surface area contributed by atoms with Gasteiger partial charge in [0.15, 0.2) is 0 Å². The molecule has 0 aromatic rings.